The Bertz CT molecular complexity index is 1590. The van der Waals surface area contributed by atoms with Crippen LogP contribution < -0.4 is 5.32 Å². The standard InChI is InChI=1S/C32H29N3O4S2/c1-20-27(19-40-32-35-26-9-2-3-10-28(26)41-32)38-31(39-29(20)22-13-11-21(18-36)12-14-22)23-6-4-8-25(16-23)34-30(37)24-7-5-15-33-17-24/h2-17,20,27,29,31,36H,18-19H2,1H3,(H,34,37)/t20-,27+,29+,31+/m1/s1. The topological polar surface area (TPSA) is 93.6 Å². The van der Waals surface area contributed by atoms with Crippen LogP contribution in [0.5, 0.6) is 0 Å². The van der Waals surface area contributed by atoms with Crippen LogP contribution in [0.2, 0.25) is 0 Å². The van der Waals surface area contributed by atoms with E-state index in [1.807, 2.05) is 66.7 Å². The van der Waals surface area contributed by atoms with Crippen LogP contribution in [0, 0.1) is 5.92 Å². The van der Waals surface area contributed by atoms with E-state index in [1.54, 1.807) is 41.4 Å². The van der Waals surface area contributed by atoms with Gasteiger partial charge in [0.05, 0.1) is 34.6 Å². The van der Waals surface area contributed by atoms with Crippen LogP contribution in [0.15, 0.2) is 102 Å². The smallest absolute Gasteiger partial charge is 0.257 e. The SMILES string of the molecule is C[C@@H]1[C@H](CSc2nc3ccccc3s2)O[C@H](c2cccc(NC(=O)c3cccnc3)c2)O[C@@H]1c1ccc(CO)cc1. The maximum absolute atomic E-state index is 12.7. The maximum atomic E-state index is 12.7. The Morgan fingerprint density at radius 1 is 1.00 bits per heavy atom. The summed E-state index contributed by atoms with van der Waals surface area (Å²) in [5.74, 6) is 0.534. The summed E-state index contributed by atoms with van der Waals surface area (Å²) in [6.07, 6.45) is 2.19. The van der Waals surface area contributed by atoms with Crippen molar-refractivity contribution >= 4 is 44.9 Å². The summed E-state index contributed by atoms with van der Waals surface area (Å²) in [5.41, 5.74) is 4.82. The summed E-state index contributed by atoms with van der Waals surface area (Å²) in [5, 5.41) is 12.5. The first-order valence-electron chi connectivity index (χ1n) is 13.4. The minimum atomic E-state index is -0.634. The van der Waals surface area contributed by atoms with Crippen molar-refractivity contribution in [2.45, 2.75) is 36.4 Å². The second kappa shape index (κ2) is 12.5. The van der Waals surface area contributed by atoms with Crippen molar-refractivity contribution in [1.82, 2.24) is 9.97 Å². The molecule has 5 aromatic rings. The van der Waals surface area contributed by atoms with E-state index in [9.17, 15) is 9.90 Å². The monoisotopic (exact) mass is 583 g/mol. The van der Waals surface area contributed by atoms with Gasteiger partial charge < -0.3 is 19.9 Å². The van der Waals surface area contributed by atoms with Crippen molar-refractivity contribution in [2.75, 3.05) is 11.1 Å². The number of carbonyl (C=O) groups is 1. The fourth-order valence-corrected chi connectivity index (χ4v) is 7.10. The molecule has 1 aliphatic rings. The second-order valence-corrected chi connectivity index (χ2v) is 12.2. The second-order valence-electron chi connectivity index (χ2n) is 9.90. The molecule has 0 radical (unpaired) electrons. The molecule has 6 rings (SSSR count). The molecular weight excluding hydrogens is 555 g/mol. The predicted octanol–water partition coefficient (Wildman–Crippen LogP) is 7.02. The quantitative estimate of drug-likeness (QED) is 0.190. The number of hydrogen-bond donors (Lipinski definition) is 2. The molecule has 1 amide bonds. The molecule has 7 nitrogen and oxygen atoms in total. The highest BCUT2D eigenvalue weighted by molar-refractivity contribution is 8.01. The fraction of sp³-hybridized carbons (Fsp3) is 0.219. The molecule has 41 heavy (non-hydrogen) atoms. The van der Waals surface area contributed by atoms with Crippen LogP contribution in [0.1, 0.15) is 46.4 Å². The number of ether oxygens (including phenoxy) is 2. The van der Waals surface area contributed by atoms with Crippen molar-refractivity contribution in [3.05, 3.63) is 120 Å². The van der Waals surface area contributed by atoms with Crippen LogP contribution in [0.3, 0.4) is 0 Å². The van der Waals surface area contributed by atoms with Crippen molar-refractivity contribution in [2.24, 2.45) is 5.92 Å². The first-order chi connectivity index (χ1) is 20.1. The fourth-order valence-electron chi connectivity index (χ4n) is 4.84. The van der Waals surface area contributed by atoms with Gasteiger partial charge in [0.1, 0.15) is 0 Å². The van der Waals surface area contributed by atoms with E-state index >= 15 is 0 Å². The Morgan fingerprint density at radius 3 is 2.63 bits per heavy atom. The van der Waals surface area contributed by atoms with E-state index in [4.69, 9.17) is 14.5 Å². The Hall–Kier alpha value is -3.60. The van der Waals surface area contributed by atoms with Gasteiger partial charge in [0.15, 0.2) is 10.6 Å². The molecule has 0 bridgehead atoms. The van der Waals surface area contributed by atoms with Crippen molar-refractivity contribution in [3.63, 3.8) is 0 Å². The largest absolute Gasteiger partial charge is 0.392 e. The van der Waals surface area contributed by atoms with E-state index in [0.717, 1.165) is 26.5 Å². The molecule has 2 N–H and O–H groups in total. The van der Waals surface area contributed by atoms with Gasteiger partial charge in [-0.05, 0) is 47.5 Å². The number of thiazole rings is 1. The van der Waals surface area contributed by atoms with Crippen molar-refractivity contribution < 1.29 is 19.4 Å². The van der Waals surface area contributed by atoms with Gasteiger partial charge in [-0.1, -0.05) is 67.2 Å². The average Bonchev–Trinajstić information content (AvgIpc) is 3.44. The molecule has 1 aliphatic heterocycles. The number of hydrogen-bond acceptors (Lipinski definition) is 8. The van der Waals surface area contributed by atoms with Gasteiger partial charge in [0.2, 0.25) is 0 Å². The predicted molar refractivity (Wildman–Crippen MR) is 162 cm³/mol. The summed E-state index contributed by atoms with van der Waals surface area (Å²) in [6, 6.07) is 27.1. The van der Waals surface area contributed by atoms with Crippen LogP contribution >= 0.6 is 23.1 Å². The van der Waals surface area contributed by atoms with E-state index in [0.29, 0.717) is 17.0 Å². The normalized spacial score (nSPS) is 20.6. The van der Waals surface area contributed by atoms with Gasteiger partial charge in [0, 0.05) is 35.3 Å². The number of nitrogens with one attached hydrogen (secondary N) is 1. The van der Waals surface area contributed by atoms with Crippen LogP contribution in [-0.2, 0) is 16.1 Å². The molecule has 0 unspecified atom stereocenters. The summed E-state index contributed by atoms with van der Waals surface area (Å²) in [6.45, 7) is 2.14. The summed E-state index contributed by atoms with van der Waals surface area (Å²) < 4.78 is 15.4. The van der Waals surface area contributed by atoms with Gasteiger partial charge in [-0.25, -0.2) is 4.98 Å². The minimum Gasteiger partial charge on any atom is -0.392 e. The van der Waals surface area contributed by atoms with Gasteiger partial charge >= 0.3 is 0 Å². The highest BCUT2D eigenvalue weighted by Gasteiger charge is 2.38. The van der Waals surface area contributed by atoms with E-state index in [2.05, 4.69) is 23.3 Å². The lowest BCUT2D eigenvalue weighted by Crippen LogP contribution is -2.38. The van der Waals surface area contributed by atoms with Crippen molar-refractivity contribution in [3.8, 4) is 0 Å². The van der Waals surface area contributed by atoms with Gasteiger partial charge in [0.25, 0.3) is 5.91 Å². The number of rotatable bonds is 8. The third-order valence-corrected chi connectivity index (χ3v) is 9.38. The van der Waals surface area contributed by atoms with E-state index in [-0.39, 0.29) is 30.6 Å². The highest BCUT2D eigenvalue weighted by Crippen LogP contribution is 2.43. The van der Waals surface area contributed by atoms with Gasteiger partial charge in [-0.2, -0.15) is 0 Å². The van der Waals surface area contributed by atoms with Gasteiger partial charge in [-0.15, -0.1) is 11.3 Å². The summed E-state index contributed by atoms with van der Waals surface area (Å²) >= 11 is 3.39. The number of thioether (sulfide) groups is 1. The lowest BCUT2D eigenvalue weighted by molar-refractivity contribution is -0.268. The maximum Gasteiger partial charge on any atom is 0.257 e. The first-order valence-corrected chi connectivity index (χ1v) is 15.2. The number of amides is 1. The zero-order valence-electron chi connectivity index (χ0n) is 22.3. The van der Waals surface area contributed by atoms with E-state index < -0.39 is 6.29 Å². The van der Waals surface area contributed by atoms with Gasteiger partial charge in [-0.3, -0.25) is 9.78 Å². The number of pyridine rings is 1. The third-order valence-electron chi connectivity index (χ3n) is 7.11. The molecule has 9 heteroatoms. The van der Waals surface area contributed by atoms with Crippen LogP contribution in [-0.4, -0.2) is 32.8 Å². The number of carbonyl (C=O) groups excluding carboxylic acids is 1. The lowest BCUT2D eigenvalue weighted by atomic mass is 9.91. The Balaban J connectivity index is 1.24. The first kappa shape index (κ1) is 27.6. The summed E-state index contributed by atoms with van der Waals surface area (Å²) in [4.78, 5) is 21.6. The number of aliphatic hydroxyl groups is 1. The number of anilines is 1. The molecule has 0 aliphatic carbocycles. The number of nitrogens with zero attached hydrogens (tertiary/aromatic N) is 2. The number of benzene rings is 3. The highest BCUT2D eigenvalue weighted by atomic mass is 32.2. The molecule has 0 saturated carbocycles. The number of para-hydroxylation sites is 1. The zero-order valence-corrected chi connectivity index (χ0v) is 24.0. The minimum absolute atomic E-state index is 0.00786. The van der Waals surface area contributed by atoms with Crippen molar-refractivity contribution in [1.29, 1.82) is 0 Å². The molecule has 2 aromatic heterocycles. The Kier molecular flexibility index (Phi) is 8.41. The Morgan fingerprint density at radius 2 is 1.85 bits per heavy atom. The Labute approximate surface area is 246 Å². The molecule has 3 aromatic carbocycles. The molecule has 0 spiro atoms. The molecule has 4 atom stereocenters. The lowest BCUT2D eigenvalue weighted by Gasteiger charge is -2.41. The number of fused-ring (bicyclic) bond motifs is 1. The molecule has 208 valence electrons. The number of aromatic nitrogens is 2. The molecule has 1 fully saturated rings. The molecule has 3 heterocycles. The van der Waals surface area contributed by atoms with Crippen LogP contribution in [0.4, 0.5) is 5.69 Å². The molecule has 1 saturated heterocycles. The van der Waals surface area contributed by atoms with E-state index in [1.165, 1.54) is 10.9 Å². The summed E-state index contributed by atoms with van der Waals surface area (Å²) in [7, 11) is 0. The number of aliphatic hydroxyl groups excluding tert-OH is 1. The zero-order chi connectivity index (χ0) is 28.2. The average molecular weight is 584 g/mol. The third kappa shape index (κ3) is 6.34. The molecular formula is C32H29N3O4S2. The van der Waals surface area contributed by atoms with Crippen LogP contribution in [0.25, 0.3) is 10.2 Å².